The van der Waals surface area contributed by atoms with Crippen molar-refractivity contribution in [3.05, 3.63) is 41.9 Å². The molecular weight excluding hydrogens is 250 g/mol. The van der Waals surface area contributed by atoms with E-state index in [-0.39, 0.29) is 0 Å². The second kappa shape index (κ2) is 4.27. The SMILES string of the molecule is Cn1cnc2c(Nc3ccc(Cl)cc3)ncnc21. The Kier molecular flexibility index (Phi) is 2.60. The first-order valence-corrected chi connectivity index (χ1v) is 5.76. The molecule has 3 rings (SSSR count). The number of fused-ring (bicyclic) bond motifs is 1. The van der Waals surface area contributed by atoms with Gasteiger partial charge >= 0.3 is 0 Å². The van der Waals surface area contributed by atoms with Crippen LogP contribution in [0.1, 0.15) is 0 Å². The summed E-state index contributed by atoms with van der Waals surface area (Å²) >= 11 is 5.84. The third-order valence-electron chi connectivity index (χ3n) is 2.60. The van der Waals surface area contributed by atoms with Crippen molar-refractivity contribution in [1.82, 2.24) is 19.5 Å². The Balaban J connectivity index is 2.02. The van der Waals surface area contributed by atoms with Crippen LogP contribution in [-0.2, 0) is 7.05 Å². The molecule has 0 spiro atoms. The Labute approximate surface area is 108 Å². The lowest BCUT2D eigenvalue weighted by molar-refractivity contribution is 0.928. The van der Waals surface area contributed by atoms with Crippen LogP contribution in [0.2, 0.25) is 5.02 Å². The van der Waals surface area contributed by atoms with Gasteiger partial charge in [-0.15, -0.1) is 0 Å². The number of rotatable bonds is 2. The van der Waals surface area contributed by atoms with E-state index in [2.05, 4.69) is 20.3 Å². The molecule has 0 aliphatic heterocycles. The van der Waals surface area contributed by atoms with Gasteiger partial charge in [0.15, 0.2) is 17.0 Å². The van der Waals surface area contributed by atoms with Crippen LogP contribution in [0.5, 0.6) is 0 Å². The van der Waals surface area contributed by atoms with Gasteiger partial charge in [-0.2, -0.15) is 0 Å². The van der Waals surface area contributed by atoms with Crippen molar-refractivity contribution in [2.24, 2.45) is 7.05 Å². The van der Waals surface area contributed by atoms with Gasteiger partial charge in [0.25, 0.3) is 0 Å². The Morgan fingerprint density at radius 2 is 1.89 bits per heavy atom. The molecule has 0 aliphatic carbocycles. The highest BCUT2D eigenvalue weighted by atomic mass is 35.5. The minimum Gasteiger partial charge on any atom is -0.338 e. The van der Waals surface area contributed by atoms with Crippen LogP contribution in [0, 0.1) is 0 Å². The van der Waals surface area contributed by atoms with E-state index in [0.29, 0.717) is 10.8 Å². The van der Waals surface area contributed by atoms with Crippen LogP contribution in [0.15, 0.2) is 36.9 Å². The van der Waals surface area contributed by atoms with Gasteiger partial charge in [-0.1, -0.05) is 11.6 Å². The van der Waals surface area contributed by atoms with E-state index in [1.165, 1.54) is 6.33 Å². The molecule has 1 N–H and O–H groups in total. The molecule has 0 unspecified atom stereocenters. The maximum atomic E-state index is 5.84. The van der Waals surface area contributed by atoms with Gasteiger partial charge in [-0.3, -0.25) is 0 Å². The highest BCUT2D eigenvalue weighted by molar-refractivity contribution is 6.30. The lowest BCUT2D eigenvalue weighted by Gasteiger charge is -2.05. The summed E-state index contributed by atoms with van der Waals surface area (Å²) in [5.74, 6) is 0.683. The molecule has 0 saturated carbocycles. The predicted molar refractivity (Wildman–Crippen MR) is 71.0 cm³/mol. The molecule has 2 aromatic heterocycles. The first kappa shape index (κ1) is 11.0. The minimum atomic E-state index is 0.683. The van der Waals surface area contributed by atoms with Crippen LogP contribution < -0.4 is 5.32 Å². The zero-order chi connectivity index (χ0) is 12.5. The molecule has 3 aromatic rings. The molecule has 0 bridgehead atoms. The summed E-state index contributed by atoms with van der Waals surface area (Å²) in [5, 5.41) is 3.90. The minimum absolute atomic E-state index is 0.683. The molecule has 0 radical (unpaired) electrons. The van der Waals surface area contributed by atoms with Crippen molar-refractivity contribution in [3.8, 4) is 0 Å². The van der Waals surface area contributed by atoms with E-state index in [1.807, 2.05) is 35.9 Å². The molecule has 0 aliphatic rings. The van der Waals surface area contributed by atoms with Gasteiger partial charge in [0.1, 0.15) is 6.33 Å². The summed E-state index contributed by atoms with van der Waals surface area (Å²) in [7, 11) is 1.90. The Morgan fingerprint density at radius 3 is 2.67 bits per heavy atom. The number of aryl methyl sites for hydroxylation is 1. The maximum absolute atomic E-state index is 5.84. The van der Waals surface area contributed by atoms with Crippen molar-refractivity contribution in [3.63, 3.8) is 0 Å². The molecule has 90 valence electrons. The number of aromatic nitrogens is 4. The highest BCUT2D eigenvalue weighted by Gasteiger charge is 2.08. The van der Waals surface area contributed by atoms with Gasteiger partial charge in [0.2, 0.25) is 0 Å². The number of hydrogen-bond acceptors (Lipinski definition) is 4. The van der Waals surface area contributed by atoms with E-state index in [9.17, 15) is 0 Å². The average Bonchev–Trinajstić information content (AvgIpc) is 2.76. The summed E-state index contributed by atoms with van der Waals surface area (Å²) in [4.78, 5) is 12.7. The lowest BCUT2D eigenvalue weighted by Crippen LogP contribution is -1.96. The van der Waals surface area contributed by atoms with Gasteiger partial charge in [0.05, 0.1) is 6.33 Å². The summed E-state index contributed by atoms with van der Waals surface area (Å²) in [5.41, 5.74) is 2.45. The zero-order valence-corrected chi connectivity index (χ0v) is 10.4. The summed E-state index contributed by atoms with van der Waals surface area (Å²) in [6, 6.07) is 7.42. The second-order valence-electron chi connectivity index (χ2n) is 3.88. The molecule has 5 nitrogen and oxygen atoms in total. The standard InChI is InChI=1S/C12H10ClN5/c1-18-7-16-10-11(14-6-15-12(10)18)17-9-4-2-8(13)3-5-9/h2-7H,1H3,(H,14,15,17). The molecular formula is C12H10ClN5. The smallest absolute Gasteiger partial charge is 0.165 e. The van der Waals surface area contributed by atoms with Crippen molar-refractivity contribution in [2.75, 3.05) is 5.32 Å². The van der Waals surface area contributed by atoms with E-state index >= 15 is 0 Å². The number of nitrogens with one attached hydrogen (secondary N) is 1. The van der Waals surface area contributed by atoms with E-state index in [0.717, 1.165) is 16.9 Å². The zero-order valence-electron chi connectivity index (χ0n) is 9.63. The van der Waals surface area contributed by atoms with Crippen molar-refractivity contribution >= 4 is 34.3 Å². The third-order valence-corrected chi connectivity index (χ3v) is 2.86. The normalized spacial score (nSPS) is 10.8. The van der Waals surface area contributed by atoms with E-state index in [1.54, 1.807) is 6.33 Å². The van der Waals surface area contributed by atoms with Crippen molar-refractivity contribution in [1.29, 1.82) is 0 Å². The second-order valence-corrected chi connectivity index (χ2v) is 4.32. The fourth-order valence-electron chi connectivity index (χ4n) is 1.71. The first-order chi connectivity index (χ1) is 8.74. The molecule has 2 heterocycles. The maximum Gasteiger partial charge on any atom is 0.165 e. The molecule has 0 saturated heterocycles. The third kappa shape index (κ3) is 1.89. The Hall–Kier alpha value is -2.14. The predicted octanol–water partition coefficient (Wildman–Crippen LogP) is 2.76. The van der Waals surface area contributed by atoms with Gasteiger partial charge < -0.3 is 9.88 Å². The van der Waals surface area contributed by atoms with Crippen molar-refractivity contribution < 1.29 is 0 Å². The fourth-order valence-corrected chi connectivity index (χ4v) is 1.83. The van der Waals surface area contributed by atoms with Crippen molar-refractivity contribution in [2.45, 2.75) is 0 Å². The van der Waals surface area contributed by atoms with Crippen LogP contribution in [0.3, 0.4) is 0 Å². The molecule has 18 heavy (non-hydrogen) atoms. The number of hydrogen-bond donors (Lipinski definition) is 1. The quantitative estimate of drug-likeness (QED) is 0.769. The Bertz CT molecular complexity index is 689. The molecule has 6 heteroatoms. The molecule has 0 fully saturated rings. The first-order valence-electron chi connectivity index (χ1n) is 5.38. The largest absolute Gasteiger partial charge is 0.338 e. The topological polar surface area (TPSA) is 55.6 Å². The van der Waals surface area contributed by atoms with Gasteiger partial charge in [-0.05, 0) is 24.3 Å². The molecule has 0 atom stereocenters. The number of benzene rings is 1. The summed E-state index contributed by atoms with van der Waals surface area (Å²) < 4.78 is 1.85. The molecule has 0 amide bonds. The number of nitrogens with zero attached hydrogens (tertiary/aromatic N) is 4. The number of halogens is 1. The number of anilines is 2. The van der Waals surface area contributed by atoms with Gasteiger partial charge in [0, 0.05) is 17.8 Å². The monoisotopic (exact) mass is 259 g/mol. The van der Waals surface area contributed by atoms with Crippen LogP contribution in [0.25, 0.3) is 11.2 Å². The summed E-state index contributed by atoms with van der Waals surface area (Å²) in [6.45, 7) is 0. The number of imidazole rings is 1. The van der Waals surface area contributed by atoms with Gasteiger partial charge in [-0.25, -0.2) is 15.0 Å². The van der Waals surface area contributed by atoms with E-state index in [4.69, 9.17) is 11.6 Å². The molecule has 1 aromatic carbocycles. The highest BCUT2D eigenvalue weighted by Crippen LogP contribution is 2.22. The average molecular weight is 260 g/mol. The summed E-state index contributed by atoms with van der Waals surface area (Å²) in [6.07, 6.45) is 3.23. The van der Waals surface area contributed by atoms with Crippen LogP contribution >= 0.6 is 11.6 Å². The fraction of sp³-hybridized carbons (Fsp3) is 0.0833. The van der Waals surface area contributed by atoms with Crippen LogP contribution in [-0.4, -0.2) is 19.5 Å². The lowest BCUT2D eigenvalue weighted by atomic mass is 10.3. The van der Waals surface area contributed by atoms with E-state index < -0.39 is 0 Å². The van der Waals surface area contributed by atoms with Crippen LogP contribution in [0.4, 0.5) is 11.5 Å². The Morgan fingerprint density at radius 1 is 1.11 bits per heavy atom.